The standard InChI is InChI=1S/C10H15N3O4S/c1-12-9(5-6-11-12)18(16,17)13-7-3-2-4-8(13)10(14)15/h5-6,8H,2-4,7H2,1H3,(H,14,15). The van der Waals surface area contributed by atoms with Crippen LogP contribution in [-0.2, 0) is 21.9 Å². The van der Waals surface area contributed by atoms with Crippen LogP contribution in [0.3, 0.4) is 0 Å². The quantitative estimate of drug-likeness (QED) is 0.840. The molecule has 1 fully saturated rings. The zero-order chi connectivity index (χ0) is 13.3. The molecule has 1 aliphatic rings. The minimum Gasteiger partial charge on any atom is -0.480 e. The Hall–Kier alpha value is -1.41. The molecule has 1 aromatic rings. The first-order chi connectivity index (χ1) is 8.44. The molecule has 2 heterocycles. The lowest BCUT2D eigenvalue weighted by molar-refractivity contribution is -0.142. The van der Waals surface area contributed by atoms with E-state index in [0.29, 0.717) is 12.8 Å². The monoisotopic (exact) mass is 273 g/mol. The Morgan fingerprint density at radius 2 is 2.22 bits per heavy atom. The highest BCUT2D eigenvalue weighted by Crippen LogP contribution is 2.25. The van der Waals surface area contributed by atoms with Gasteiger partial charge in [-0.3, -0.25) is 9.48 Å². The number of aromatic nitrogens is 2. The zero-order valence-corrected chi connectivity index (χ0v) is 10.8. The summed E-state index contributed by atoms with van der Waals surface area (Å²) in [6.45, 7) is 0.241. The molecule has 0 amide bonds. The summed E-state index contributed by atoms with van der Waals surface area (Å²) in [6.07, 6.45) is 3.15. The molecule has 8 heteroatoms. The first kappa shape index (κ1) is 13.0. The van der Waals surface area contributed by atoms with Crippen LogP contribution in [0.2, 0.25) is 0 Å². The smallest absolute Gasteiger partial charge is 0.322 e. The van der Waals surface area contributed by atoms with Crippen LogP contribution in [0, 0.1) is 0 Å². The predicted octanol–water partition coefficient (Wildman–Crippen LogP) is 0.0479. The van der Waals surface area contributed by atoms with Gasteiger partial charge in [0, 0.05) is 13.6 Å². The predicted molar refractivity (Wildman–Crippen MR) is 62.4 cm³/mol. The molecule has 1 aliphatic heterocycles. The Bertz CT molecular complexity index is 551. The average molecular weight is 273 g/mol. The van der Waals surface area contributed by atoms with Gasteiger partial charge in [0.25, 0.3) is 10.0 Å². The first-order valence-corrected chi connectivity index (χ1v) is 7.11. The van der Waals surface area contributed by atoms with Gasteiger partial charge in [-0.05, 0) is 25.3 Å². The van der Waals surface area contributed by atoms with E-state index in [-0.39, 0.29) is 11.6 Å². The van der Waals surface area contributed by atoms with E-state index in [1.54, 1.807) is 0 Å². The summed E-state index contributed by atoms with van der Waals surface area (Å²) < 4.78 is 27.1. The van der Waals surface area contributed by atoms with E-state index in [9.17, 15) is 13.2 Å². The molecule has 0 radical (unpaired) electrons. The van der Waals surface area contributed by atoms with Crippen molar-refractivity contribution in [2.75, 3.05) is 6.54 Å². The molecule has 0 saturated carbocycles. The lowest BCUT2D eigenvalue weighted by Gasteiger charge is -2.31. The Balaban J connectivity index is 2.39. The fourth-order valence-electron chi connectivity index (χ4n) is 2.17. The van der Waals surface area contributed by atoms with E-state index < -0.39 is 22.0 Å². The van der Waals surface area contributed by atoms with Gasteiger partial charge in [0.1, 0.15) is 6.04 Å². The number of nitrogens with zero attached hydrogens (tertiary/aromatic N) is 3. The summed E-state index contributed by atoms with van der Waals surface area (Å²) in [5.41, 5.74) is 0. The lowest BCUT2D eigenvalue weighted by Crippen LogP contribution is -2.48. The van der Waals surface area contributed by atoms with Crippen molar-refractivity contribution in [1.82, 2.24) is 14.1 Å². The van der Waals surface area contributed by atoms with Crippen LogP contribution in [-0.4, -0.2) is 46.2 Å². The molecule has 0 aromatic carbocycles. The number of carboxylic acid groups (broad SMARTS) is 1. The Morgan fingerprint density at radius 3 is 2.78 bits per heavy atom. The van der Waals surface area contributed by atoms with Crippen LogP contribution < -0.4 is 0 Å². The molecule has 2 rings (SSSR count). The topological polar surface area (TPSA) is 92.5 Å². The van der Waals surface area contributed by atoms with Crippen molar-refractivity contribution in [3.05, 3.63) is 12.3 Å². The van der Waals surface area contributed by atoms with Crippen LogP contribution in [0.5, 0.6) is 0 Å². The Morgan fingerprint density at radius 1 is 1.50 bits per heavy atom. The van der Waals surface area contributed by atoms with Gasteiger partial charge in [0.2, 0.25) is 0 Å². The maximum atomic E-state index is 12.4. The third-order valence-electron chi connectivity index (χ3n) is 3.09. The van der Waals surface area contributed by atoms with E-state index in [1.807, 2.05) is 0 Å². The van der Waals surface area contributed by atoms with Crippen LogP contribution in [0.25, 0.3) is 0 Å². The SMILES string of the molecule is Cn1nccc1S(=O)(=O)N1CCCCC1C(=O)O. The maximum Gasteiger partial charge on any atom is 0.322 e. The summed E-state index contributed by atoms with van der Waals surface area (Å²) in [5.74, 6) is -1.10. The number of hydrogen-bond donors (Lipinski definition) is 1. The normalized spacial score (nSPS) is 21.9. The minimum atomic E-state index is -3.79. The molecular weight excluding hydrogens is 258 g/mol. The van der Waals surface area contributed by atoms with E-state index in [2.05, 4.69) is 5.10 Å². The van der Waals surface area contributed by atoms with Crippen molar-refractivity contribution in [3.63, 3.8) is 0 Å². The number of carbonyl (C=O) groups is 1. The summed E-state index contributed by atoms with van der Waals surface area (Å²) in [5, 5.41) is 12.9. The van der Waals surface area contributed by atoms with Gasteiger partial charge < -0.3 is 5.11 Å². The van der Waals surface area contributed by atoms with Crippen LogP contribution in [0.15, 0.2) is 17.3 Å². The Kier molecular flexibility index (Phi) is 3.40. The zero-order valence-electron chi connectivity index (χ0n) is 9.98. The van der Waals surface area contributed by atoms with Gasteiger partial charge in [0.15, 0.2) is 5.03 Å². The number of carboxylic acids is 1. The maximum absolute atomic E-state index is 12.4. The van der Waals surface area contributed by atoms with E-state index >= 15 is 0 Å². The fourth-order valence-corrected chi connectivity index (χ4v) is 3.93. The second-order valence-electron chi connectivity index (χ2n) is 4.26. The van der Waals surface area contributed by atoms with E-state index in [4.69, 9.17) is 5.11 Å². The van der Waals surface area contributed by atoms with Gasteiger partial charge in [-0.2, -0.15) is 9.40 Å². The third-order valence-corrected chi connectivity index (χ3v) is 5.07. The minimum absolute atomic E-state index is 0.0237. The molecule has 1 saturated heterocycles. The number of aryl methyl sites for hydroxylation is 1. The van der Waals surface area contributed by atoms with E-state index in [1.165, 1.54) is 24.0 Å². The molecule has 1 N–H and O–H groups in total. The molecule has 18 heavy (non-hydrogen) atoms. The van der Waals surface area contributed by atoms with Crippen LogP contribution >= 0.6 is 0 Å². The number of hydrogen-bond acceptors (Lipinski definition) is 4. The number of aliphatic carboxylic acids is 1. The summed E-state index contributed by atoms with van der Waals surface area (Å²) in [7, 11) is -2.27. The van der Waals surface area contributed by atoms with Gasteiger partial charge in [-0.15, -0.1) is 0 Å². The van der Waals surface area contributed by atoms with Crippen LogP contribution in [0.4, 0.5) is 0 Å². The van der Waals surface area contributed by atoms with Crippen molar-refractivity contribution >= 4 is 16.0 Å². The lowest BCUT2D eigenvalue weighted by atomic mass is 10.1. The first-order valence-electron chi connectivity index (χ1n) is 5.67. The second kappa shape index (κ2) is 4.69. The van der Waals surface area contributed by atoms with Gasteiger partial charge in [-0.1, -0.05) is 0 Å². The van der Waals surface area contributed by atoms with Gasteiger partial charge >= 0.3 is 5.97 Å². The summed E-state index contributed by atoms with van der Waals surface area (Å²) >= 11 is 0. The van der Waals surface area contributed by atoms with Gasteiger partial charge in [0.05, 0.1) is 6.20 Å². The molecule has 0 aliphatic carbocycles. The van der Waals surface area contributed by atoms with Crippen molar-refractivity contribution in [3.8, 4) is 0 Å². The Labute approximate surface area is 105 Å². The second-order valence-corrected chi connectivity index (χ2v) is 6.10. The molecule has 1 atom stereocenters. The average Bonchev–Trinajstić information content (AvgIpc) is 2.76. The van der Waals surface area contributed by atoms with E-state index in [0.717, 1.165) is 10.7 Å². The highest BCUT2D eigenvalue weighted by Gasteiger charge is 2.38. The molecular formula is C10H15N3O4S. The number of rotatable bonds is 3. The number of piperidine rings is 1. The van der Waals surface area contributed by atoms with Crippen molar-refractivity contribution in [2.24, 2.45) is 7.05 Å². The van der Waals surface area contributed by atoms with Crippen molar-refractivity contribution in [1.29, 1.82) is 0 Å². The number of sulfonamides is 1. The van der Waals surface area contributed by atoms with Crippen molar-refractivity contribution < 1.29 is 18.3 Å². The summed E-state index contributed by atoms with van der Waals surface area (Å²) in [4.78, 5) is 11.1. The highest BCUT2D eigenvalue weighted by atomic mass is 32.2. The molecule has 0 spiro atoms. The molecule has 1 unspecified atom stereocenters. The van der Waals surface area contributed by atoms with Crippen molar-refractivity contribution in [2.45, 2.75) is 30.3 Å². The molecule has 100 valence electrons. The molecule has 0 bridgehead atoms. The summed E-state index contributed by atoms with van der Waals surface area (Å²) in [6, 6.07) is 0.404. The largest absolute Gasteiger partial charge is 0.480 e. The van der Waals surface area contributed by atoms with Gasteiger partial charge in [-0.25, -0.2) is 8.42 Å². The molecule has 7 nitrogen and oxygen atoms in total. The van der Waals surface area contributed by atoms with Crippen LogP contribution in [0.1, 0.15) is 19.3 Å². The highest BCUT2D eigenvalue weighted by molar-refractivity contribution is 7.89. The fraction of sp³-hybridized carbons (Fsp3) is 0.600. The molecule has 1 aromatic heterocycles. The third kappa shape index (κ3) is 2.13.